The van der Waals surface area contributed by atoms with E-state index in [0.29, 0.717) is 23.0 Å². The molecule has 132 valence electrons. The summed E-state index contributed by atoms with van der Waals surface area (Å²) in [5.41, 5.74) is 3.95. The SMILES string of the molecule is NNC(=O)COc1ccc(Oc2ccc(OCC(=O)NN)cc2)cc1. The molecule has 0 aliphatic heterocycles. The number of carbonyl (C=O) groups excluding carboxylic acids is 2. The standard InChI is InChI=1S/C16H18N4O5/c17-19-15(21)9-23-11-1-5-13(6-2-11)25-14-7-3-12(4-8-14)24-10-16(22)20-18/h1-8H,9-10,17-18H2,(H,19,21)(H,20,22). The van der Waals surface area contributed by atoms with Gasteiger partial charge < -0.3 is 14.2 Å². The summed E-state index contributed by atoms with van der Waals surface area (Å²) in [6.07, 6.45) is 0. The molecule has 0 spiro atoms. The fraction of sp³-hybridized carbons (Fsp3) is 0.125. The summed E-state index contributed by atoms with van der Waals surface area (Å²) in [5.74, 6) is 11.3. The minimum Gasteiger partial charge on any atom is -0.484 e. The van der Waals surface area contributed by atoms with Gasteiger partial charge in [0.05, 0.1) is 0 Å². The zero-order valence-corrected chi connectivity index (χ0v) is 13.2. The molecule has 0 fully saturated rings. The molecule has 0 atom stereocenters. The summed E-state index contributed by atoms with van der Waals surface area (Å²) in [6.45, 7) is -0.333. The molecule has 25 heavy (non-hydrogen) atoms. The highest BCUT2D eigenvalue weighted by Gasteiger charge is 2.03. The molecule has 0 aromatic heterocycles. The van der Waals surface area contributed by atoms with Gasteiger partial charge in [0, 0.05) is 0 Å². The van der Waals surface area contributed by atoms with Gasteiger partial charge in [-0.2, -0.15) is 0 Å². The molecule has 0 heterocycles. The van der Waals surface area contributed by atoms with E-state index in [0.717, 1.165) is 0 Å². The van der Waals surface area contributed by atoms with Crippen LogP contribution in [0, 0.1) is 0 Å². The summed E-state index contributed by atoms with van der Waals surface area (Å²) in [7, 11) is 0. The van der Waals surface area contributed by atoms with Gasteiger partial charge >= 0.3 is 0 Å². The van der Waals surface area contributed by atoms with Crippen LogP contribution in [-0.2, 0) is 9.59 Å². The second-order valence-electron chi connectivity index (χ2n) is 4.76. The molecule has 0 aliphatic carbocycles. The molecule has 0 saturated carbocycles. The van der Waals surface area contributed by atoms with Crippen LogP contribution in [0.3, 0.4) is 0 Å². The first kappa shape index (κ1) is 18.0. The van der Waals surface area contributed by atoms with E-state index in [-0.39, 0.29) is 13.2 Å². The molecule has 6 N–H and O–H groups in total. The van der Waals surface area contributed by atoms with Crippen LogP contribution in [0.5, 0.6) is 23.0 Å². The number of ether oxygens (including phenoxy) is 3. The maximum absolute atomic E-state index is 11.0. The highest BCUT2D eigenvalue weighted by atomic mass is 16.5. The van der Waals surface area contributed by atoms with Gasteiger partial charge in [-0.15, -0.1) is 0 Å². The van der Waals surface area contributed by atoms with Gasteiger partial charge in [-0.25, -0.2) is 11.7 Å². The molecule has 2 aromatic rings. The van der Waals surface area contributed by atoms with Crippen molar-refractivity contribution in [2.24, 2.45) is 11.7 Å². The zero-order valence-electron chi connectivity index (χ0n) is 13.2. The van der Waals surface area contributed by atoms with E-state index in [1.807, 2.05) is 10.9 Å². The fourth-order valence-electron chi connectivity index (χ4n) is 1.72. The number of nitrogens with one attached hydrogen (secondary N) is 2. The molecule has 2 rings (SSSR count). The highest BCUT2D eigenvalue weighted by molar-refractivity contribution is 5.77. The van der Waals surface area contributed by atoms with Crippen molar-refractivity contribution in [2.45, 2.75) is 0 Å². The lowest BCUT2D eigenvalue weighted by Crippen LogP contribution is -2.34. The van der Waals surface area contributed by atoms with Crippen molar-refractivity contribution < 1.29 is 23.8 Å². The van der Waals surface area contributed by atoms with Crippen LogP contribution in [-0.4, -0.2) is 25.0 Å². The predicted octanol–water partition coefficient (Wildman–Crippen LogP) is 0.216. The summed E-state index contributed by atoms with van der Waals surface area (Å²) < 4.78 is 16.1. The number of benzene rings is 2. The Kier molecular flexibility index (Phi) is 6.57. The van der Waals surface area contributed by atoms with Crippen molar-refractivity contribution in [3.63, 3.8) is 0 Å². The smallest absolute Gasteiger partial charge is 0.271 e. The molecule has 9 heteroatoms. The van der Waals surface area contributed by atoms with Crippen molar-refractivity contribution in [1.29, 1.82) is 0 Å². The van der Waals surface area contributed by atoms with Gasteiger partial charge in [-0.3, -0.25) is 20.4 Å². The van der Waals surface area contributed by atoms with Crippen molar-refractivity contribution in [3.05, 3.63) is 48.5 Å². The number of hydrazine groups is 2. The predicted molar refractivity (Wildman–Crippen MR) is 88.6 cm³/mol. The summed E-state index contributed by atoms with van der Waals surface area (Å²) in [6, 6.07) is 13.5. The molecule has 0 radical (unpaired) electrons. The van der Waals surface area contributed by atoms with Gasteiger partial charge in [0.1, 0.15) is 23.0 Å². The monoisotopic (exact) mass is 346 g/mol. The van der Waals surface area contributed by atoms with Crippen molar-refractivity contribution in [3.8, 4) is 23.0 Å². The minimum absolute atomic E-state index is 0.166. The van der Waals surface area contributed by atoms with E-state index >= 15 is 0 Å². The lowest BCUT2D eigenvalue weighted by molar-refractivity contribution is -0.123. The Morgan fingerprint density at radius 1 is 0.680 bits per heavy atom. The minimum atomic E-state index is -0.424. The van der Waals surface area contributed by atoms with E-state index in [2.05, 4.69) is 0 Å². The van der Waals surface area contributed by atoms with Gasteiger partial charge in [0.15, 0.2) is 13.2 Å². The van der Waals surface area contributed by atoms with Gasteiger partial charge in [-0.05, 0) is 48.5 Å². The van der Waals surface area contributed by atoms with E-state index in [1.165, 1.54) is 0 Å². The Morgan fingerprint density at radius 3 is 1.32 bits per heavy atom. The topological polar surface area (TPSA) is 138 Å². The Labute approximate surface area is 143 Å². The molecule has 2 amide bonds. The molecule has 0 unspecified atom stereocenters. The third-order valence-electron chi connectivity index (χ3n) is 2.95. The van der Waals surface area contributed by atoms with Crippen LogP contribution < -0.4 is 36.7 Å². The van der Waals surface area contributed by atoms with Crippen molar-refractivity contribution in [1.82, 2.24) is 10.9 Å². The summed E-state index contributed by atoms with van der Waals surface area (Å²) in [4.78, 5) is 22.0. The van der Waals surface area contributed by atoms with E-state index < -0.39 is 11.8 Å². The number of rotatable bonds is 8. The zero-order chi connectivity index (χ0) is 18.1. The number of carbonyl (C=O) groups is 2. The van der Waals surface area contributed by atoms with Gasteiger partial charge in [-0.1, -0.05) is 0 Å². The Balaban J connectivity index is 1.87. The van der Waals surface area contributed by atoms with Crippen molar-refractivity contribution in [2.75, 3.05) is 13.2 Å². The van der Waals surface area contributed by atoms with Gasteiger partial charge in [0.25, 0.3) is 11.8 Å². The maximum Gasteiger partial charge on any atom is 0.271 e. The molecular formula is C16H18N4O5. The molecule has 0 aliphatic rings. The first-order valence-electron chi connectivity index (χ1n) is 7.23. The lowest BCUT2D eigenvalue weighted by Gasteiger charge is -2.09. The quantitative estimate of drug-likeness (QED) is 0.305. The average Bonchev–Trinajstić information content (AvgIpc) is 2.66. The largest absolute Gasteiger partial charge is 0.484 e. The van der Waals surface area contributed by atoms with E-state index in [4.69, 9.17) is 25.9 Å². The van der Waals surface area contributed by atoms with Crippen LogP contribution >= 0.6 is 0 Å². The Morgan fingerprint density at radius 2 is 1.00 bits per heavy atom. The lowest BCUT2D eigenvalue weighted by atomic mass is 10.3. The highest BCUT2D eigenvalue weighted by Crippen LogP contribution is 2.25. The van der Waals surface area contributed by atoms with Crippen LogP contribution in [0.4, 0.5) is 0 Å². The number of nitrogens with two attached hydrogens (primary N) is 2. The van der Waals surface area contributed by atoms with Crippen LogP contribution in [0.2, 0.25) is 0 Å². The normalized spacial score (nSPS) is 9.84. The third-order valence-corrected chi connectivity index (χ3v) is 2.95. The second kappa shape index (κ2) is 9.11. The first-order valence-corrected chi connectivity index (χ1v) is 7.23. The maximum atomic E-state index is 11.0. The molecule has 0 saturated heterocycles. The van der Waals surface area contributed by atoms with E-state index in [1.54, 1.807) is 48.5 Å². The summed E-state index contributed by atoms with van der Waals surface area (Å²) in [5, 5.41) is 0. The average molecular weight is 346 g/mol. The first-order chi connectivity index (χ1) is 12.1. The number of amides is 2. The fourth-order valence-corrected chi connectivity index (χ4v) is 1.72. The Hall–Kier alpha value is -3.30. The summed E-state index contributed by atoms with van der Waals surface area (Å²) >= 11 is 0. The van der Waals surface area contributed by atoms with Crippen LogP contribution in [0.15, 0.2) is 48.5 Å². The third kappa shape index (κ3) is 6.01. The van der Waals surface area contributed by atoms with Crippen molar-refractivity contribution >= 4 is 11.8 Å². The molecular weight excluding hydrogens is 328 g/mol. The van der Waals surface area contributed by atoms with Crippen LogP contribution in [0.25, 0.3) is 0 Å². The molecule has 9 nitrogen and oxygen atoms in total. The number of hydrogen-bond donors (Lipinski definition) is 4. The van der Waals surface area contributed by atoms with E-state index in [9.17, 15) is 9.59 Å². The van der Waals surface area contributed by atoms with Crippen LogP contribution in [0.1, 0.15) is 0 Å². The molecule has 0 bridgehead atoms. The Bertz CT molecular complexity index is 642. The molecule has 2 aromatic carbocycles. The second-order valence-corrected chi connectivity index (χ2v) is 4.76. The van der Waals surface area contributed by atoms with Gasteiger partial charge in [0.2, 0.25) is 0 Å². The number of hydrogen-bond acceptors (Lipinski definition) is 7.